The summed E-state index contributed by atoms with van der Waals surface area (Å²) in [5, 5.41) is 5.72. The second-order valence-electron chi connectivity index (χ2n) is 4.81. The first-order valence-corrected chi connectivity index (χ1v) is 7.40. The topological polar surface area (TPSA) is 17.8 Å². The zero-order valence-electron chi connectivity index (χ0n) is 10.8. The Hall–Kier alpha value is -0.700. The van der Waals surface area contributed by atoms with Gasteiger partial charge in [-0.1, -0.05) is 49.2 Å². The molecule has 0 radical (unpaired) electrons. The third kappa shape index (κ3) is 3.07. The average Bonchev–Trinajstić information content (AvgIpc) is 2.65. The zero-order valence-corrected chi connectivity index (χ0v) is 13.1. The van der Waals surface area contributed by atoms with Gasteiger partial charge in [0.2, 0.25) is 0 Å². The van der Waals surface area contributed by atoms with Crippen LogP contribution in [0.1, 0.15) is 25.1 Å². The SMILES string of the molecule is CC(C)Cc1nn(-c2ccccc2Cl)c(Cl)c1CCl. The molecule has 0 aliphatic heterocycles. The number of hydrogen-bond donors (Lipinski definition) is 0. The van der Waals surface area contributed by atoms with Crippen LogP contribution in [0.4, 0.5) is 0 Å². The lowest BCUT2D eigenvalue weighted by molar-refractivity contribution is 0.626. The quantitative estimate of drug-likeness (QED) is 0.716. The van der Waals surface area contributed by atoms with Gasteiger partial charge < -0.3 is 0 Å². The summed E-state index contributed by atoms with van der Waals surface area (Å²) in [5.74, 6) is 0.846. The van der Waals surface area contributed by atoms with Crippen molar-refractivity contribution in [3.63, 3.8) is 0 Å². The molecule has 0 spiro atoms. The molecule has 0 fully saturated rings. The summed E-state index contributed by atoms with van der Waals surface area (Å²) in [7, 11) is 0. The Kier molecular flexibility index (Phi) is 4.77. The van der Waals surface area contributed by atoms with Gasteiger partial charge in [0.1, 0.15) is 5.15 Å². The summed E-state index contributed by atoms with van der Waals surface area (Å²) in [4.78, 5) is 0. The largest absolute Gasteiger partial charge is 0.220 e. The van der Waals surface area contributed by atoms with Gasteiger partial charge in [-0.2, -0.15) is 5.10 Å². The average molecular weight is 318 g/mol. The Morgan fingerprint density at radius 2 is 1.89 bits per heavy atom. The molecule has 0 aliphatic rings. The van der Waals surface area contributed by atoms with Gasteiger partial charge in [0, 0.05) is 5.56 Å². The van der Waals surface area contributed by atoms with Gasteiger partial charge in [0.05, 0.1) is 22.3 Å². The van der Waals surface area contributed by atoms with Crippen LogP contribution < -0.4 is 0 Å². The van der Waals surface area contributed by atoms with Crippen molar-refractivity contribution in [3.05, 3.63) is 45.7 Å². The lowest BCUT2D eigenvalue weighted by atomic mass is 10.1. The maximum absolute atomic E-state index is 6.38. The highest BCUT2D eigenvalue weighted by molar-refractivity contribution is 6.33. The van der Waals surface area contributed by atoms with E-state index in [1.807, 2.05) is 24.3 Å². The number of alkyl halides is 1. The van der Waals surface area contributed by atoms with Crippen LogP contribution >= 0.6 is 34.8 Å². The minimum absolute atomic E-state index is 0.353. The zero-order chi connectivity index (χ0) is 14.0. The maximum Gasteiger partial charge on any atom is 0.137 e. The molecule has 0 bridgehead atoms. The van der Waals surface area contributed by atoms with Gasteiger partial charge in [-0.3, -0.25) is 0 Å². The number of para-hydroxylation sites is 1. The van der Waals surface area contributed by atoms with E-state index in [1.54, 1.807) is 4.68 Å². The fourth-order valence-corrected chi connectivity index (χ4v) is 2.81. The Bertz CT molecular complexity index is 576. The molecule has 0 saturated carbocycles. The molecule has 2 nitrogen and oxygen atoms in total. The van der Waals surface area contributed by atoms with Crippen molar-refractivity contribution in [2.75, 3.05) is 0 Å². The highest BCUT2D eigenvalue weighted by Crippen LogP contribution is 2.29. The fraction of sp³-hybridized carbons (Fsp3) is 0.357. The van der Waals surface area contributed by atoms with E-state index in [0.717, 1.165) is 23.4 Å². The Morgan fingerprint density at radius 1 is 1.21 bits per heavy atom. The second-order valence-corrected chi connectivity index (χ2v) is 5.84. The van der Waals surface area contributed by atoms with Crippen molar-refractivity contribution in [2.45, 2.75) is 26.1 Å². The van der Waals surface area contributed by atoms with E-state index in [2.05, 4.69) is 18.9 Å². The molecule has 19 heavy (non-hydrogen) atoms. The normalized spacial score (nSPS) is 11.3. The molecule has 1 heterocycles. The minimum atomic E-state index is 0.353. The second kappa shape index (κ2) is 6.17. The predicted molar refractivity (Wildman–Crippen MR) is 81.7 cm³/mol. The lowest BCUT2D eigenvalue weighted by Crippen LogP contribution is -2.00. The summed E-state index contributed by atoms with van der Waals surface area (Å²) < 4.78 is 1.67. The molecule has 0 aliphatic carbocycles. The minimum Gasteiger partial charge on any atom is -0.220 e. The summed E-state index contributed by atoms with van der Waals surface area (Å²) in [6.45, 7) is 4.28. The van der Waals surface area contributed by atoms with E-state index >= 15 is 0 Å². The van der Waals surface area contributed by atoms with E-state index in [0.29, 0.717) is 22.0 Å². The molecule has 1 aromatic carbocycles. The first-order valence-electron chi connectivity index (χ1n) is 6.11. The van der Waals surface area contributed by atoms with Gasteiger partial charge in [-0.15, -0.1) is 11.6 Å². The standard InChI is InChI=1S/C14H15Cl3N2/c1-9(2)7-12-10(8-15)14(17)19(18-12)13-6-4-3-5-11(13)16/h3-6,9H,7-8H2,1-2H3. The predicted octanol–water partition coefficient (Wildman–Crippen LogP) is 5.12. The Morgan fingerprint density at radius 3 is 2.47 bits per heavy atom. The molecule has 1 aromatic heterocycles. The molecule has 0 amide bonds. The maximum atomic E-state index is 6.38. The van der Waals surface area contributed by atoms with E-state index in [9.17, 15) is 0 Å². The number of hydrogen-bond acceptors (Lipinski definition) is 1. The van der Waals surface area contributed by atoms with E-state index in [-0.39, 0.29) is 0 Å². The number of aromatic nitrogens is 2. The van der Waals surface area contributed by atoms with Crippen LogP contribution in [-0.4, -0.2) is 9.78 Å². The summed E-state index contributed by atoms with van der Waals surface area (Å²) >= 11 is 18.6. The van der Waals surface area contributed by atoms with Crippen molar-refractivity contribution in [1.29, 1.82) is 0 Å². The number of halogens is 3. The molecular weight excluding hydrogens is 303 g/mol. The van der Waals surface area contributed by atoms with Crippen molar-refractivity contribution in [1.82, 2.24) is 9.78 Å². The smallest absolute Gasteiger partial charge is 0.137 e. The summed E-state index contributed by atoms with van der Waals surface area (Å²) in [6.07, 6.45) is 0.846. The first kappa shape index (κ1) is 14.7. The van der Waals surface area contributed by atoms with Crippen LogP contribution in [0, 0.1) is 5.92 Å². The van der Waals surface area contributed by atoms with Crippen molar-refractivity contribution < 1.29 is 0 Å². The van der Waals surface area contributed by atoms with Crippen LogP contribution in [0.25, 0.3) is 5.69 Å². The van der Waals surface area contributed by atoms with Gasteiger partial charge in [-0.25, -0.2) is 4.68 Å². The van der Waals surface area contributed by atoms with Crippen LogP contribution in [0.15, 0.2) is 24.3 Å². The van der Waals surface area contributed by atoms with Crippen molar-refractivity contribution in [3.8, 4) is 5.69 Å². The highest BCUT2D eigenvalue weighted by Gasteiger charge is 2.18. The van der Waals surface area contributed by atoms with Crippen LogP contribution in [0.2, 0.25) is 10.2 Å². The number of benzene rings is 1. The summed E-state index contributed by atoms with van der Waals surface area (Å²) in [5.41, 5.74) is 2.60. The van der Waals surface area contributed by atoms with Crippen LogP contribution in [0.3, 0.4) is 0 Å². The van der Waals surface area contributed by atoms with Crippen LogP contribution in [0.5, 0.6) is 0 Å². The van der Waals surface area contributed by atoms with E-state index in [4.69, 9.17) is 34.8 Å². The van der Waals surface area contributed by atoms with E-state index < -0.39 is 0 Å². The number of rotatable bonds is 4. The molecule has 2 rings (SSSR count). The molecule has 0 unspecified atom stereocenters. The highest BCUT2D eigenvalue weighted by atomic mass is 35.5. The molecule has 0 saturated heterocycles. The lowest BCUT2D eigenvalue weighted by Gasteiger charge is -2.05. The first-order chi connectivity index (χ1) is 9.04. The summed E-state index contributed by atoms with van der Waals surface area (Å²) in [6, 6.07) is 7.48. The molecule has 102 valence electrons. The molecule has 2 aromatic rings. The third-order valence-corrected chi connectivity index (χ3v) is 3.80. The monoisotopic (exact) mass is 316 g/mol. The molecule has 5 heteroatoms. The number of nitrogens with zero attached hydrogens (tertiary/aromatic N) is 2. The molecular formula is C14H15Cl3N2. The van der Waals surface area contributed by atoms with Gasteiger partial charge in [0.25, 0.3) is 0 Å². The molecule has 0 atom stereocenters. The van der Waals surface area contributed by atoms with Crippen molar-refractivity contribution >= 4 is 34.8 Å². The Balaban J connectivity index is 2.53. The van der Waals surface area contributed by atoms with E-state index in [1.165, 1.54) is 0 Å². The van der Waals surface area contributed by atoms with Gasteiger partial charge in [-0.05, 0) is 24.5 Å². The van der Waals surface area contributed by atoms with Gasteiger partial charge >= 0.3 is 0 Å². The van der Waals surface area contributed by atoms with Crippen LogP contribution in [-0.2, 0) is 12.3 Å². The molecule has 0 N–H and O–H groups in total. The fourth-order valence-electron chi connectivity index (χ4n) is 1.94. The van der Waals surface area contributed by atoms with Gasteiger partial charge in [0.15, 0.2) is 0 Å². The van der Waals surface area contributed by atoms with Crippen molar-refractivity contribution in [2.24, 2.45) is 5.92 Å². The third-order valence-electron chi connectivity index (χ3n) is 2.82. The Labute approximate surface area is 128 Å².